The molecular weight excluding hydrogens is 494 g/mol. The van der Waals surface area contributed by atoms with Crippen molar-refractivity contribution in [2.24, 2.45) is 5.92 Å². The normalized spacial score (nSPS) is 10.6. The van der Waals surface area contributed by atoms with Gasteiger partial charge in [0.05, 0.1) is 0 Å². The molecule has 0 saturated heterocycles. The molecule has 3 aromatic carbocycles. The second-order valence-electron chi connectivity index (χ2n) is 8.54. The quantitative estimate of drug-likeness (QED) is 0.288. The van der Waals surface area contributed by atoms with E-state index >= 15 is 0 Å². The number of hydrogen-bond acceptors (Lipinski definition) is 4. The molecule has 0 unspecified atom stereocenters. The first-order valence-corrected chi connectivity index (χ1v) is 12.0. The van der Waals surface area contributed by atoms with Crippen molar-refractivity contribution in [2.45, 2.75) is 33.7 Å². The fourth-order valence-corrected chi connectivity index (χ4v) is 3.70. The number of anilines is 3. The monoisotopic (exact) mass is 523 g/mol. The molecule has 34 heavy (non-hydrogen) atoms. The van der Waals surface area contributed by atoms with E-state index < -0.39 is 0 Å². The Morgan fingerprint density at radius 3 is 2.32 bits per heavy atom. The van der Waals surface area contributed by atoms with Gasteiger partial charge in [0.15, 0.2) is 6.61 Å². The Hall–Kier alpha value is -3.32. The van der Waals surface area contributed by atoms with Crippen molar-refractivity contribution in [3.8, 4) is 5.75 Å². The average Bonchev–Trinajstić information content (AvgIpc) is 2.78. The summed E-state index contributed by atoms with van der Waals surface area (Å²) >= 11 is 3.50. The largest absolute Gasteiger partial charge is 0.483 e. The van der Waals surface area contributed by atoms with Crippen LogP contribution in [0.2, 0.25) is 0 Å². The van der Waals surface area contributed by atoms with Crippen molar-refractivity contribution < 1.29 is 14.3 Å². The van der Waals surface area contributed by atoms with E-state index in [0.717, 1.165) is 32.7 Å². The third kappa shape index (κ3) is 8.23. The highest BCUT2D eigenvalue weighted by molar-refractivity contribution is 9.10. The Bertz CT molecular complexity index is 1130. The summed E-state index contributed by atoms with van der Waals surface area (Å²) in [7, 11) is 0. The first-order valence-electron chi connectivity index (χ1n) is 11.2. The molecule has 0 spiro atoms. The highest BCUT2D eigenvalue weighted by Crippen LogP contribution is 2.25. The Morgan fingerprint density at radius 1 is 0.882 bits per heavy atom. The maximum atomic E-state index is 12.3. The van der Waals surface area contributed by atoms with Crippen LogP contribution in [0, 0.1) is 12.8 Å². The Labute approximate surface area is 209 Å². The number of amides is 2. The molecule has 0 aliphatic carbocycles. The fraction of sp³-hybridized carbons (Fsp3) is 0.259. The molecule has 0 aliphatic heterocycles. The minimum Gasteiger partial charge on any atom is -0.483 e. The van der Waals surface area contributed by atoms with Gasteiger partial charge in [0.25, 0.3) is 5.91 Å². The molecular formula is C27H30BrN3O3. The van der Waals surface area contributed by atoms with E-state index in [1.165, 1.54) is 0 Å². The van der Waals surface area contributed by atoms with Gasteiger partial charge in [-0.25, -0.2) is 0 Å². The first-order chi connectivity index (χ1) is 16.3. The number of carbonyl (C=O) groups excluding carboxylic acids is 2. The van der Waals surface area contributed by atoms with E-state index in [0.29, 0.717) is 24.6 Å². The van der Waals surface area contributed by atoms with Crippen LogP contribution in [-0.2, 0) is 16.1 Å². The number of benzene rings is 3. The van der Waals surface area contributed by atoms with Crippen LogP contribution in [0.5, 0.6) is 5.75 Å². The maximum Gasteiger partial charge on any atom is 0.262 e. The molecule has 0 saturated carbocycles. The van der Waals surface area contributed by atoms with Crippen LogP contribution < -0.4 is 20.7 Å². The molecule has 3 N–H and O–H groups in total. The van der Waals surface area contributed by atoms with Gasteiger partial charge >= 0.3 is 0 Å². The van der Waals surface area contributed by atoms with Crippen LogP contribution in [0.1, 0.15) is 31.4 Å². The molecule has 3 aromatic rings. The van der Waals surface area contributed by atoms with Gasteiger partial charge in [0, 0.05) is 40.1 Å². The third-order valence-electron chi connectivity index (χ3n) is 4.94. The zero-order valence-corrected chi connectivity index (χ0v) is 21.2. The molecule has 0 bridgehead atoms. The highest BCUT2D eigenvalue weighted by Gasteiger charge is 2.10. The zero-order valence-electron chi connectivity index (χ0n) is 19.7. The number of rotatable bonds is 10. The lowest BCUT2D eigenvalue weighted by Crippen LogP contribution is -2.20. The molecule has 0 radical (unpaired) electrons. The molecule has 0 fully saturated rings. The fourth-order valence-electron chi connectivity index (χ4n) is 3.29. The Balaban J connectivity index is 1.59. The van der Waals surface area contributed by atoms with Gasteiger partial charge in [0.2, 0.25) is 5.91 Å². The summed E-state index contributed by atoms with van der Waals surface area (Å²) < 4.78 is 6.73. The summed E-state index contributed by atoms with van der Waals surface area (Å²) in [4.78, 5) is 24.4. The lowest BCUT2D eigenvalue weighted by Gasteiger charge is -2.14. The van der Waals surface area contributed by atoms with Crippen LogP contribution in [-0.4, -0.2) is 18.4 Å². The van der Waals surface area contributed by atoms with Crippen molar-refractivity contribution in [3.63, 3.8) is 0 Å². The van der Waals surface area contributed by atoms with Gasteiger partial charge in [-0.2, -0.15) is 0 Å². The van der Waals surface area contributed by atoms with Gasteiger partial charge in [-0.15, -0.1) is 0 Å². The van der Waals surface area contributed by atoms with Gasteiger partial charge in [-0.3, -0.25) is 9.59 Å². The minimum absolute atomic E-state index is 0.00117. The second kappa shape index (κ2) is 12.2. The van der Waals surface area contributed by atoms with E-state index in [1.54, 1.807) is 0 Å². The lowest BCUT2D eigenvalue weighted by molar-refractivity contribution is -0.118. The standard InChI is InChI=1S/C27H30BrN3O3/c1-18(2)13-26(32)31-24-6-4-5-23(15-24)29-16-20-14-21(28)9-12-25(20)34-17-27(33)30-22-10-7-19(3)8-11-22/h4-12,14-15,18,29H,13,16-17H2,1-3H3,(H,30,33)(H,31,32). The smallest absolute Gasteiger partial charge is 0.262 e. The Morgan fingerprint density at radius 2 is 1.59 bits per heavy atom. The summed E-state index contributed by atoms with van der Waals surface area (Å²) in [5.41, 5.74) is 4.37. The second-order valence-corrected chi connectivity index (χ2v) is 9.45. The van der Waals surface area contributed by atoms with E-state index in [1.807, 2.05) is 87.5 Å². The predicted octanol–water partition coefficient (Wildman–Crippen LogP) is 6.37. The molecule has 3 rings (SSSR count). The van der Waals surface area contributed by atoms with E-state index in [9.17, 15) is 9.59 Å². The van der Waals surface area contributed by atoms with Crippen LogP contribution >= 0.6 is 15.9 Å². The minimum atomic E-state index is -0.226. The van der Waals surface area contributed by atoms with E-state index in [-0.39, 0.29) is 18.4 Å². The summed E-state index contributed by atoms with van der Waals surface area (Å²) in [5.74, 6) is 0.695. The van der Waals surface area contributed by atoms with Crippen LogP contribution in [0.4, 0.5) is 17.1 Å². The van der Waals surface area contributed by atoms with Crippen LogP contribution in [0.15, 0.2) is 71.2 Å². The summed E-state index contributed by atoms with van der Waals surface area (Å²) in [6.07, 6.45) is 0.480. The van der Waals surface area contributed by atoms with Crippen molar-refractivity contribution in [2.75, 3.05) is 22.6 Å². The molecule has 7 heteroatoms. The van der Waals surface area contributed by atoms with Gasteiger partial charge < -0.3 is 20.7 Å². The summed E-state index contributed by atoms with van der Waals surface area (Å²) in [6.45, 7) is 6.41. The number of carbonyl (C=O) groups is 2. The zero-order chi connectivity index (χ0) is 24.5. The van der Waals surface area contributed by atoms with Crippen molar-refractivity contribution >= 4 is 44.8 Å². The molecule has 0 aromatic heterocycles. The SMILES string of the molecule is Cc1ccc(NC(=O)COc2ccc(Br)cc2CNc2cccc(NC(=O)CC(C)C)c2)cc1. The van der Waals surface area contributed by atoms with E-state index in [2.05, 4.69) is 31.9 Å². The predicted molar refractivity (Wildman–Crippen MR) is 141 cm³/mol. The van der Waals surface area contributed by atoms with Gasteiger partial charge in [0.1, 0.15) is 5.75 Å². The molecule has 2 amide bonds. The van der Waals surface area contributed by atoms with Crippen molar-refractivity contribution in [1.29, 1.82) is 0 Å². The lowest BCUT2D eigenvalue weighted by atomic mass is 10.1. The number of ether oxygens (including phenoxy) is 1. The first kappa shape index (κ1) is 25.3. The van der Waals surface area contributed by atoms with Crippen molar-refractivity contribution in [1.82, 2.24) is 0 Å². The summed E-state index contributed by atoms with van der Waals surface area (Å²) in [6, 6.07) is 20.9. The third-order valence-corrected chi connectivity index (χ3v) is 5.43. The molecule has 6 nitrogen and oxygen atoms in total. The van der Waals surface area contributed by atoms with Gasteiger partial charge in [-0.1, -0.05) is 53.5 Å². The highest BCUT2D eigenvalue weighted by atomic mass is 79.9. The maximum absolute atomic E-state index is 12.3. The summed E-state index contributed by atoms with van der Waals surface area (Å²) in [5, 5.41) is 9.13. The topological polar surface area (TPSA) is 79.5 Å². The number of halogens is 1. The molecule has 178 valence electrons. The molecule has 0 aliphatic rings. The number of aryl methyl sites for hydroxylation is 1. The van der Waals surface area contributed by atoms with E-state index in [4.69, 9.17) is 4.74 Å². The number of hydrogen-bond donors (Lipinski definition) is 3. The van der Waals surface area contributed by atoms with Crippen LogP contribution in [0.3, 0.4) is 0 Å². The van der Waals surface area contributed by atoms with Gasteiger partial charge in [-0.05, 0) is 61.4 Å². The average molecular weight is 524 g/mol. The Kier molecular flexibility index (Phi) is 9.10. The van der Waals surface area contributed by atoms with Crippen molar-refractivity contribution in [3.05, 3.63) is 82.3 Å². The van der Waals surface area contributed by atoms with Crippen LogP contribution in [0.25, 0.3) is 0 Å². The number of nitrogens with one attached hydrogen (secondary N) is 3. The molecule has 0 heterocycles. The molecule has 0 atom stereocenters.